The van der Waals surface area contributed by atoms with Gasteiger partial charge in [0.05, 0.1) is 17.8 Å². The zero-order valence-electron chi connectivity index (χ0n) is 17.1. The quantitative estimate of drug-likeness (QED) is 0.534. The Kier molecular flexibility index (Phi) is 4.95. The number of aromatic hydroxyl groups is 1. The first-order chi connectivity index (χ1) is 14.6. The zero-order valence-corrected chi connectivity index (χ0v) is 17.1. The number of piperidine rings is 1. The number of anilines is 1. The van der Waals surface area contributed by atoms with Crippen molar-refractivity contribution in [1.82, 2.24) is 9.88 Å². The van der Waals surface area contributed by atoms with Gasteiger partial charge in [-0.05, 0) is 75.9 Å². The van der Waals surface area contributed by atoms with E-state index in [0.717, 1.165) is 68.4 Å². The molecule has 2 aliphatic heterocycles. The third kappa shape index (κ3) is 3.45. The molecule has 1 aromatic carbocycles. The van der Waals surface area contributed by atoms with Crippen LogP contribution in [0.2, 0.25) is 0 Å². The number of aromatic amines is 1. The SMILES string of the molecule is O=C1Nc2ccc(C(=O)CN3CCCCC3)cc2C1=Cc1[nH]c2c(c1O)CCCC2. The number of benzene rings is 1. The summed E-state index contributed by atoms with van der Waals surface area (Å²) in [7, 11) is 0. The maximum absolute atomic E-state index is 12.8. The molecule has 0 saturated carbocycles. The number of amides is 1. The molecular weight excluding hydrogens is 378 g/mol. The lowest BCUT2D eigenvalue weighted by atomic mass is 9.97. The summed E-state index contributed by atoms with van der Waals surface area (Å²) in [6.07, 6.45) is 9.20. The smallest absolute Gasteiger partial charge is 0.256 e. The summed E-state index contributed by atoms with van der Waals surface area (Å²) in [6.45, 7) is 2.36. The van der Waals surface area contributed by atoms with E-state index in [1.165, 1.54) is 6.42 Å². The molecule has 1 amide bonds. The van der Waals surface area contributed by atoms with Crippen molar-refractivity contribution in [3.8, 4) is 5.75 Å². The highest BCUT2D eigenvalue weighted by Gasteiger charge is 2.27. The number of likely N-dealkylation sites (tertiary alicyclic amines) is 1. The lowest BCUT2D eigenvalue weighted by molar-refractivity contribution is -0.110. The van der Waals surface area contributed by atoms with Gasteiger partial charge in [-0.3, -0.25) is 14.5 Å². The van der Waals surface area contributed by atoms with Gasteiger partial charge in [0.2, 0.25) is 0 Å². The van der Waals surface area contributed by atoms with Crippen LogP contribution in [0.3, 0.4) is 0 Å². The van der Waals surface area contributed by atoms with E-state index < -0.39 is 0 Å². The first kappa shape index (κ1) is 19.1. The molecule has 1 saturated heterocycles. The van der Waals surface area contributed by atoms with E-state index in [2.05, 4.69) is 15.2 Å². The molecule has 1 aliphatic carbocycles. The van der Waals surface area contributed by atoms with E-state index in [4.69, 9.17) is 0 Å². The molecule has 0 bridgehead atoms. The molecule has 0 radical (unpaired) electrons. The molecule has 2 aromatic rings. The molecule has 3 aliphatic rings. The fourth-order valence-electron chi connectivity index (χ4n) is 4.85. The molecule has 156 valence electrons. The zero-order chi connectivity index (χ0) is 20.7. The summed E-state index contributed by atoms with van der Waals surface area (Å²) >= 11 is 0. The summed E-state index contributed by atoms with van der Waals surface area (Å²) < 4.78 is 0. The van der Waals surface area contributed by atoms with Crippen molar-refractivity contribution in [2.75, 3.05) is 25.0 Å². The van der Waals surface area contributed by atoms with Crippen LogP contribution in [-0.2, 0) is 17.6 Å². The number of fused-ring (bicyclic) bond motifs is 2. The Morgan fingerprint density at radius 3 is 2.70 bits per heavy atom. The summed E-state index contributed by atoms with van der Waals surface area (Å²) in [5, 5.41) is 13.5. The molecule has 5 rings (SSSR count). The molecule has 6 heteroatoms. The third-order valence-electron chi connectivity index (χ3n) is 6.52. The molecule has 0 spiro atoms. The highest BCUT2D eigenvalue weighted by atomic mass is 16.3. The monoisotopic (exact) mass is 405 g/mol. The van der Waals surface area contributed by atoms with Crippen molar-refractivity contribution in [2.24, 2.45) is 0 Å². The molecule has 6 nitrogen and oxygen atoms in total. The van der Waals surface area contributed by atoms with Crippen LogP contribution in [0.1, 0.15) is 65.0 Å². The van der Waals surface area contributed by atoms with Gasteiger partial charge in [0.1, 0.15) is 5.75 Å². The van der Waals surface area contributed by atoms with Crippen LogP contribution in [0, 0.1) is 0 Å². The minimum atomic E-state index is -0.211. The number of aryl methyl sites for hydroxylation is 1. The second-order valence-corrected chi connectivity index (χ2v) is 8.58. The van der Waals surface area contributed by atoms with E-state index in [-0.39, 0.29) is 17.4 Å². The van der Waals surface area contributed by atoms with Crippen molar-refractivity contribution in [3.63, 3.8) is 0 Å². The predicted octanol–water partition coefficient (Wildman–Crippen LogP) is 3.76. The summed E-state index contributed by atoms with van der Waals surface area (Å²) in [5.41, 5.74) is 5.13. The highest BCUT2D eigenvalue weighted by molar-refractivity contribution is 6.35. The van der Waals surface area contributed by atoms with Crippen LogP contribution in [0.15, 0.2) is 18.2 Å². The van der Waals surface area contributed by atoms with Gasteiger partial charge in [-0.15, -0.1) is 0 Å². The third-order valence-corrected chi connectivity index (χ3v) is 6.52. The number of Topliss-reactive ketones (excluding diaryl/α,β-unsaturated/α-hetero) is 1. The number of aromatic nitrogens is 1. The number of nitrogens with zero attached hydrogens (tertiary/aromatic N) is 1. The Bertz CT molecular complexity index is 1040. The number of carbonyl (C=O) groups is 2. The van der Waals surface area contributed by atoms with Crippen LogP contribution < -0.4 is 5.32 Å². The fraction of sp³-hybridized carbons (Fsp3) is 0.417. The summed E-state index contributed by atoms with van der Waals surface area (Å²) in [5.74, 6) is 0.116. The van der Waals surface area contributed by atoms with Crippen molar-refractivity contribution in [1.29, 1.82) is 0 Å². The van der Waals surface area contributed by atoms with Gasteiger partial charge in [0.25, 0.3) is 5.91 Å². The van der Waals surface area contributed by atoms with Crippen LogP contribution >= 0.6 is 0 Å². The topological polar surface area (TPSA) is 85.4 Å². The van der Waals surface area contributed by atoms with Crippen molar-refractivity contribution < 1.29 is 14.7 Å². The lowest BCUT2D eigenvalue weighted by Crippen LogP contribution is -2.34. The standard InChI is InChI=1S/C24H27N3O3/c28-22(14-27-10-4-1-5-11-27)15-8-9-20-17(12-15)18(24(30)26-20)13-21-23(29)16-6-2-3-7-19(16)25-21/h8-9,12-13,25,29H,1-7,10-11,14H2,(H,26,30). The largest absolute Gasteiger partial charge is 0.505 e. The van der Waals surface area contributed by atoms with Gasteiger partial charge in [0.15, 0.2) is 5.78 Å². The minimum Gasteiger partial charge on any atom is -0.505 e. The number of hydrogen-bond donors (Lipinski definition) is 3. The van der Waals surface area contributed by atoms with E-state index in [9.17, 15) is 14.7 Å². The van der Waals surface area contributed by atoms with Gasteiger partial charge in [-0.25, -0.2) is 0 Å². The Hall–Kier alpha value is -2.86. The van der Waals surface area contributed by atoms with Gasteiger partial charge < -0.3 is 15.4 Å². The Labute approximate surface area is 176 Å². The van der Waals surface area contributed by atoms with E-state index in [1.807, 2.05) is 6.07 Å². The van der Waals surface area contributed by atoms with E-state index >= 15 is 0 Å². The van der Waals surface area contributed by atoms with Gasteiger partial charge in [0, 0.05) is 28.1 Å². The number of nitrogens with one attached hydrogen (secondary N) is 2. The number of carbonyl (C=O) groups excluding carboxylic acids is 2. The number of ketones is 1. The van der Waals surface area contributed by atoms with Crippen LogP contribution in [0.5, 0.6) is 5.75 Å². The highest BCUT2D eigenvalue weighted by Crippen LogP contribution is 2.38. The maximum Gasteiger partial charge on any atom is 0.256 e. The maximum atomic E-state index is 12.8. The second kappa shape index (κ2) is 7.76. The number of hydrogen-bond acceptors (Lipinski definition) is 4. The molecule has 1 fully saturated rings. The molecule has 30 heavy (non-hydrogen) atoms. The van der Waals surface area contributed by atoms with E-state index in [1.54, 1.807) is 18.2 Å². The van der Waals surface area contributed by atoms with Gasteiger partial charge in [-0.2, -0.15) is 0 Å². The first-order valence-corrected chi connectivity index (χ1v) is 11.0. The molecule has 1 aromatic heterocycles. The lowest BCUT2D eigenvalue weighted by Gasteiger charge is -2.25. The summed E-state index contributed by atoms with van der Waals surface area (Å²) in [6, 6.07) is 5.40. The average Bonchev–Trinajstić information content (AvgIpc) is 3.25. The molecular formula is C24H27N3O3. The van der Waals surface area contributed by atoms with E-state index in [0.29, 0.717) is 29.1 Å². The fourth-order valence-corrected chi connectivity index (χ4v) is 4.85. The van der Waals surface area contributed by atoms with Crippen molar-refractivity contribution in [3.05, 3.63) is 46.3 Å². The van der Waals surface area contributed by atoms with Crippen molar-refractivity contribution >= 4 is 29.0 Å². The predicted molar refractivity (Wildman–Crippen MR) is 117 cm³/mol. The van der Waals surface area contributed by atoms with Crippen molar-refractivity contribution in [2.45, 2.75) is 44.9 Å². The minimum absolute atomic E-state index is 0.0802. The van der Waals surface area contributed by atoms with Crippen LogP contribution in [0.4, 0.5) is 5.69 Å². The Morgan fingerprint density at radius 1 is 1.10 bits per heavy atom. The van der Waals surface area contributed by atoms with Gasteiger partial charge in [-0.1, -0.05) is 6.42 Å². The normalized spacial score (nSPS) is 20.1. The van der Waals surface area contributed by atoms with Crippen LogP contribution in [-0.4, -0.2) is 46.3 Å². The molecule has 3 N–H and O–H groups in total. The second-order valence-electron chi connectivity index (χ2n) is 8.58. The van der Waals surface area contributed by atoms with Crippen LogP contribution in [0.25, 0.3) is 11.6 Å². The number of H-pyrrole nitrogens is 1. The Balaban J connectivity index is 1.45. The Morgan fingerprint density at radius 2 is 1.90 bits per heavy atom. The van der Waals surface area contributed by atoms with Gasteiger partial charge >= 0.3 is 0 Å². The first-order valence-electron chi connectivity index (χ1n) is 11.0. The molecule has 3 heterocycles. The molecule has 0 atom stereocenters. The number of rotatable bonds is 4. The average molecular weight is 405 g/mol. The molecule has 0 unspecified atom stereocenters. The summed E-state index contributed by atoms with van der Waals surface area (Å²) in [4.78, 5) is 31.0.